The van der Waals surface area contributed by atoms with Gasteiger partial charge in [0, 0.05) is 6.04 Å². The molecule has 0 radical (unpaired) electrons. The fourth-order valence-corrected chi connectivity index (χ4v) is 2.54. The molecule has 4 nitrogen and oxygen atoms in total. The first kappa shape index (κ1) is 10.2. The molecule has 1 saturated heterocycles. The third-order valence-electron chi connectivity index (χ3n) is 3.25. The van der Waals surface area contributed by atoms with Crippen LogP contribution in [0.15, 0.2) is 12.7 Å². The summed E-state index contributed by atoms with van der Waals surface area (Å²) in [6, 6.07) is 0.339. The number of amides is 2. The number of rotatable bonds is 1. The van der Waals surface area contributed by atoms with E-state index in [9.17, 15) is 9.59 Å². The van der Waals surface area contributed by atoms with Crippen LogP contribution in [-0.4, -0.2) is 35.3 Å². The Kier molecular flexibility index (Phi) is 2.75. The molecule has 2 fully saturated rings. The molecule has 0 aromatic carbocycles. The van der Waals surface area contributed by atoms with Gasteiger partial charge in [0.15, 0.2) is 0 Å². The third kappa shape index (κ3) is 1.89. The summed E-state index contributed by atoms with van der Waals surface area (Å²) in [6.45, 7) is 3.66. The first-order valence-electron chi connectivity index (χ1n) is 5.45. The fraction of sp³-hybridized carbons (Fsp3) is 0.636. The number of carbonyl (C=O) groups is 2. The molecule has 0 spiro atoms. The molecular weight excluding hydrogens is 192 g/mol. The lowest BCUT2D eigenvalue weighted by Gasteiger charge is -2.43. The van der Waals surface area contributed by atoms with Crippen molar-refractivity contribution in [2.75, 3.05) is 6.54 Å². The van der Waals surface area contributed by atoms with Crippen LogP contribution < -0.4 is 5.32 Å². The minimum atomic E-state index is -0.123. The van der Waals surface area contributed by atoms with E-state index >= 15 is 0 Å². The summed E-state index contributed by atoms with van der Waals surface area (Å²) in [5, 5.41) is 2.96. The zero-order chi connectivity index (χ0) is 10.8. The second-order valence-corrected chi connectivity index (χ2v) is 4.20. The van der Waals surface area contributed by atoms with Crippen molar-refractivity contribution in [3.05, 3.63) is 12.7 Å². The van der Waals surface area contributed by atoms with Crippen LogP contribution in [-0.2, 0) is 9.59 Å². The minimum absolute atomic E-state index is 0.0478. The van der Waals surface area contributed by atoms with Crippen molar-refractivity contribution >= 4 is 11.8 Å². The maximum atomic E-state index is 11.6. The molecule has 1 N–H and O–H groups in total. The summed E-state index contributed by atoms with van der Waals surface area (Å²) >= 11 is 0. The van der Waals surface area contributed by atoms with Crippen LogP contribution in [0.25, 0.3) is 0 Å². The minimum Gasteiger partial charge on any atom is -0.350 e. The normalized spacial score (nSPS) is 30.4. The smallest absolute Gasteiger partial charge is 0.246 e. The van der Waals surface area contributed by atoms with Crippen LogP contribution in [0.5, 0.6) is 0 Å². The lowest BCUT2D eigenvalue weighted by molar-refractivity contribution is -0.140. The first-order valence-corrected chi connectivity index (χ1v) is 5.45. The Labute approximate surface area is 89.3 Å². The van der Waals surface area contributed by atoms with Gasteiger partial charge in [-0.05, 0) is 18.9 Å². The number of piperazine rings is 1. The van der Waals surface area contributed by atoms with Gasteiger partial charge >= 0.3 is 0 Å². The number of nitrogens with one attached hydrogen (secondary N) is 1. The number of hydrogen-bond acceptors (Lipinski definition) is 2. The summed E-state index contributed by atoms with van der Waals surface area (Å²) in [5.74, 6) is -0.171. The predicted octanol–water partition coefficient (Wildman–Crippen LogP) is 0.442. The van der Waals surface area contributed by atoms with Gasteiger partial charge < -0.3 is 10.2 Å². The number of fused-ring (bicyclic) bond motifs is 1. The fourth-order valence-electron chi connectivity index (χ4n) is 2.54. The topological polar surface area (TPSA) is 49.4 Å². The van der Waals surface area contributed by atoms with Gasteiger partial charge in [0.2, 0.25) is 11.8 Å². The van der Waals surface area contributed by atoms with Crippen LogP contribution in [0.2, 0.25) is 0 Å². The summed E-state index contributed by atoms with van der Waals surface area (Å²) in [4.78, 5) is 24.7. The van der Waals surface area contributed by atoms with Gasteiger partial charge in [0.1, 0.15) is 6.54 Å². The Morgan fingerprint density at radius 3 is 2.93 bits per heavy atom. The quantitative estimate of drug-likeness (QED) is 0.636. The molecule has 2 atom stereocenters. The summed E-state index contributed by atoms with van der Waals surface area (Å²) in [6.07, 6.45) is 5.54. The molecule has 0 aromatic rings. The van der Waals surface area contributed by atoms with Crippen LogP contribution in [0.1, 0.15) is 25.7 Å². The van der Waals surface area contributed by atoms with Gasteiger partial charge in [-0.3, -0.25) is 9.59 Å². The molecule has 1 aliphatic heterocycles. The molecule has 4 heteroatoms. The van der Waals surface area contributed by atoms with E-state index in [0.717, 1.165) is 25.7 Å². The van der Waals surface area contributed by atoms with E-state index in [1.54, 1.807) is 4.90 Å². The highest BCUT2D eigenvalue weighted by molar-refractivity contribution is 5.92. The van der Waals surface area contributed by atoms with Gasteiger partial charge in [-0.25, -0.2) is 0 Å². The van der Waals surface area contributed by atoms with Gasteiger partial charge in [-0.2, -0.15) is 0 Å². The molecule has 0 bridgehead atoms. The molecule has 2 rings (SSSR count). The standard InChI is InChI=1S/C11H16N2O2/c1-2-11(15)13-7-10(14)12-8-5-3-4-6-9(8)13/h2,8-9H,1,3-7H2,(H,12,14). The number of nitrogens with zero attached hydrogens (tertiary/aromatic N) is 1. The summed E-state index contributed by atoms with van der Waals surface area (Å²) < 4.78 is 0. The van der Waals surface area contributed by atoms with Gasteiger partial charge in [0.25, 0.3) is 0 Å². The Morgan fingerprint density at radius 2 is 2.20 bits per heavy atom. The highest BCUT2D eigenvalue weighted by Crippen LogP contribution is 2.25. The Morgan fingerprint density at radius 1 is 1.47 bits per heavy atom. The Bertz CT molecular complexity index is 301. The highest BCUT2D eigenvalue weighted by Gasteiger charge is 2.37. The van der Waals surface area contributed by atoms with E-state index in [1.165, 1.54) is 6.08 Å². The second kappa shape index (κ2) is 4.04. The Balaban J connectivity index is 2.16. The molecule has 1 heterocycles. The van der Waals surface area contributed by atoms with E-state index in [0.29, 0.717) is 0 Å². The summed E-state index contributed by atoms with van der Waals surface area (Å²) in [5.41, 5.74) is 0. The van der Waals surface area contributed by atoms with Crippen molar-refractivity contribution in [1.29, 1.82) is 0 Å². The van der Waals surface area contributed by atoms with E-state index < -0.39 is 0 Å². The van der Waals surface area contributed by atoms with Gasteiger partial charge in [0.05, 0.1) is 6.04 Å². The molecule has 1 aliphatic carbocycles. The third-order valence-corrected chi connectivity index (χ3v) is 3.25. The molecule has 82 valence electrons. The number of carbonyl (C=O) groups excluding carboxylic acids is 2. The van der Waals surface area contributed by atoms with Crippen LogP contribution in [0.3, 0.4) is 0 Å². The summed E-state index contributed by atoms with van der Waals surface area (Å²) in [7, 11) is 0. The largest absolute Gasteiger partial charge is 0.350 e. The molecule has 2 aliphatic rings. The van der Waals surface area contributed by atoms with Crippen molar-refractivity contribution in [1.82, 2.24) is 10.2 Å². The average Bonchev–Trinajstić information content (AvgIpc) is 2.26. The zero-order valence-electron chi connectivity index (χ0n) is 8.74. The van der Waals surface area contributed by atoms with Crippen molar-refractivity contribution in [2.45, 2.75) is 37.8 Å². The molecule has 15 heavy (non-hydrogen) atoms. The van der Waals surface area contributed by atoms with Gasteiger partial charge in [-0.15, -0.1) is 0 Å². The van der Waals surface area contributed by atoms with E-state index in [1.807, 2.05) is 0 Å². The van der Waals surface area contributed by atoms with Crippen molar-refractivity contribution in [3.63, 3.8) is 0 Å². The van der Waals surface area contributed by atoms with Gasteiger partial charge in [-0.1, -0.05) is 19.4 Å². The SMILES string of the molecule is C=CC(=O)N1CC(=O)NC2CCCCC21. The van der Waals surface area contributed by atoms with E-state index in [2.05, 4.69) is 11.9 Å². The monoisotopic (exact) mass is 208 g/mol. The zero-order valence-corrected chi connectivity index (χ0v) is 8.74. The lowest BCUT2D eigenvalue weighted by Crippen LogP contribution is -2.62. The van der Waals surface area contributed by atoms with Crippen molar-refractivity contribution < 1.29 is 9.59 Å². The molecule has 0 aromatic heterocycles. The van der Waals surface area contributed by atoms with Crippen molar-refractivity contribution in [2.24, 2.45) is 0 Å². The number of hydrogen-bond donors (Lipinski definition) is 1. The van der Waals surface area contributed by atoms with E-state index in [-0.39, 0.29) is 30.4 Å². The van der Waals surface area contributed by atoms with Crippen LogP contribution in [0, 0.1) is 0 Å². The Hall–Kier alpha value is -1.32. The lowest BCUT2D eigenvalue weighted by atomic mass is 9.87. The van der Waals surface area contributed by atoms with Crippen LogP contribution in [0.4, 0.5) is 0 Å². The molecule has 1 saturated carbocycles. The predicted molar refractivity (Wildman–Crippen MR) is 56.1 cm³/mol. The second-order valence-electron chi connectivity index (χ2n) is 4.20. The average molecular weight is 208 g/mol. The molecule has 2 unspecified atom stereocenters. The molecule has 2 amide bonds. The highest BCUT2D eigenvalue weighted by atomic mass is 16.2. The maximum Gasteiger partial charge on any atom is 0.246 e. The van der Waals surface area contributed by atoms with Crippen molar-refractivity contribution in [3.8, 4) is 0 Å². The van der Waals surface area contributed by atoms with Crippen LogP contribution >= 0.6 is 0 Å². The maximum absolute atomic E-state index is 11.6. The molecular formula is C11H16N2O2. The van der Waals surface area contributed by atoms with E-state index in [4.69, 9.17) is 0 Å². The first-order chi connectivity index (χ1) is 7.22.